The Morgan fingerprint density at radius 1 is 1.30 bits per heavy atom. The predicted molar refractivity (Wildman–Crippen MR) is 77.5 cm³/mol. The van der Waals surface area contributed by atoms with Gasteiger partial charge in [-0.25, -0.2) is 13.1 Å². The van der Waals surface area contributed by atoms with Gasteiger partial charge < -0.3 is 5.73 Å². The molecule has 1 unspecified atom stereocenters. The normalized spacial score (nSPS) is 13.3. The van der Waals surface area contributed by atoms with Crippen molar-refractivity contribution in [3.8, 4) is 0 Å². The van der Waals surface area contributed by atoms with Gasteiger partial charge in [0, 0.05) is 13.1 Å². The van der Waals surface area contributed by atoms with Gasteiger partial charge in [0.2, 0.25) is 10.0 Å². The number of rotatable bonds is 4. The lowest BCUT2D eigenvalue weighted by atomic mass is 10.1. The van der Waals surface area contributed by atoms with Gasteiger partial charge in [-0.15, -0.1) is 0 Å². The van der Waals surface area contributed by atoms with Crippen LogP contribution in [0.2, 0.25) is 0 Å². The van der Waals surface area contributed by atoms with Crippen molar-refractivity contribution in [3.05, 3.63) is 41.6 Å². The molecule has 0 radical (unpaired) electrons. The number of sulfonamides is 1. The molecule has 3 N–H and O–H groups in total. The number of nitrogen functional groups attached to an aromatic ring is 1. The summed E-state index contributed by atoms with van der Waals surface area (Å²) in [4.78, 5) is 0.0442. The number of anilines is 1. The summed E-state index contributed by atoms with van der Waals surface area (Å²) in [6.07, 6.45) is 0. The first-order chi connectivity index (χ1) is 9.33. The number of hydrogen-bond donors (Lipinski definition) is 2. The van der Waals surface area contributed by atoms with Crippen LogP contribution in [-0.2, 0) is 17.1 Å². The van der Waals surface area contributed by atoms with Gasteiger partial charge in [0.15, 0.2) is 5.82 Å². The summed E-state index contributed by atoms with van der Waals surface area (Å²) in [6, 6.07) is 9.00. The lowest BCUT2D eigenvalue weighted by Gasteiger charge is -2.14. The number of nitrogens with one attached hydrogen (secondary N) is 1. The number of aromatic nitrogens is 2. The average Bonchev–Trinajstić information content (AvgIpc) is 2.64. The Labute approximate surface area is 118 Å². The molecule has 7 heteroatoms. The van der Waals surface area contributed by atoms with Crippen molar-refractivity contribution in [2.45, 2.75) is 24.8 Å². The van der Waals surface area contributed by atoms with Gasteiger partial charge in [0.25, 0.3) is 0 Å². The van der Waals surface area contributed by atoms with E-state index in [1.807, 2.05) is 30.3 Å². The summed E-state index contributed by atoms with van der Waals surface area (Å²) in [5.74, 6) is 0.0118. The van der Waals surface area contributed by atoms with E-state index in [0.29, 0.717) is 5.69 Å². The molecule has 0 saturated carbocycles. The van der Waals surface area contributed by atoms with E-state index in [0.717, 1.165) is 5.56 Å². The first-order valence-electron chi connectivity index (χ1n) is 6.19. The molecule has 0 spiro atoms. The molecule has 1 heterocycles. The fraction of sp³-hybridized carbons (Fsp3) is 0.308. The van der Waals surface area contributed by atoms with Crippen LogP contribution >= 0.6 is 0 Å². The highest BCUT2D eigenvalue weighted by atomic mass is 32.2. The lowest BCUT2D eigenvalue weighted by molar-refractivity contribution is 0.566. The smallest absolute Gasteiger partial charge is 0.246 e. The van der Waals surface area contributed by atoms with E-state index < -0.39 is 10.0 Å². The van der Waals surface area contributed by atoms with E-state index >= 15 is 0 Å². The molecule has 2 rings (SSSR count). The van der Waals surface area contributed by atoms with Crippen molar-refractivity contribution in [2.75, 3.05) is 5.73 Å². The zero-order valence-electron chi connectivity index (χ0n) is 11.7. The third-order valence-electron chi connectivity index (χ3n) is 3.20. The second-order valence-electron chi connectivity index (χ2n) is 4.68. The summed E-state index contributed by atoms with van der Waals surface area (Å²) in [5, 5.41) is 3.93. The van der Waals surface area contributed by atoms with Gasteiger partial charge in [-0.05, 0) is 19.4 Å². The van der Waals surface area contributed by atoms with Gasteiger partial charge in [0.05, 0.1) is 5.69 Å². The van der Waals surface area contributed by atoms with Gasteiger partial charge in [-0.3, -0.25) is 4.68 Å². The molecule has 108 valence electrons. The molecule has 1 aromatic carbocycles. The summed E-state index contributed by atoms with van der Waals surface area (Å²) >= 11 is 0. The monoisotopic (exact) mass is 294 g/mol. The van der Waals surface area contributed by atoms with Gasteiger partial charge in [-0.1, -0.05) is 30.3 Å². The molecule has 0 aliphatic rings. The van der Waals surface area contributed by atoms with Crippen LogP contribution in [0.5, 0.6) is 0 Å². The molecule has 2 aromatic rings. The first kappa shape index (κ1) is 14.5. The fourth-order valence-electron chi connectivity index (χ4n) is 2.05. The van der Waals surface area contributed by atoms with Crippen LogP contribution in [0.4, 0.5) is 5.82 Å². The summed E-state index contributed by atoms with van der Waals surface area (Å²) in [6.45, 7) is 3.46. The van der Waals surface area contributed by atoms with Gasteiger partial charge >= 0.3 is 0 Å². The van der Waals surface area contributed by atoms with Crippen LogP contribution in [-0.4, -0.2) is 18.2 Å². The van der Waals surface area contributed by atoms with Crippen molar-refractivity contribution in [2.24, 2.45) is 7.05 Å². The maximum Gasteiger partial charge on any atom is 0.246 e. The van der Waals surface area contributed by atoms with Crippen molar-refractivity contribution in [1.82, 2.24) is 14.5 Å². The molecule has 0 saturated heterocycles. The van der Waals surface area contributed by atoms with Crippen molar-refractivity contribution < 1.29 is 8.42 Å². The molecule has 6 nitrogen and oxygen atoms in total. The third kappa shape index (κ3) is 2.68. The summed E-state index contributed by atoms with van der Waals surface area (Å²) < 4.78 is 28.9. The Kier molecular flexibility index (Phi) is 3.82. The molecule has 1 atom stereocenters. The molecule has 20 heavy (non-hydrogen) atoms. The zero-order chi connectivity index (χ0) is 14.9. The van der Waals surface area contributed by atoms with Crippen LogP contribution in [0, 0.1) is 6.92 Å². The predicted octanol–water partition coefficient (Wildman–Crippen LogP) is 1.35. The Morgan fingerprint density at radius 3 is 2.40 bits per heavy atom. The zero-order valence-corrected chi connectivity index (χ0v) is 12.5. The van der Waals surface area contributed by atoms with E-state index in [1.165, 1.54) is 4.68 Å². The number of nitrogens with two attached hydrogens (primary N) is 1. The molecule has 0 aliphatic heterocycles. The van der Waals surface area contributed by atoms with Gasteiger partial charge in [-0.2, -0.15) is 5.10 Å². The molecular formula is C13H18N4O2S. The number of nitrogens with zero attached hydrogens (tertiary/aromatic N) is 2. The van der Waals surface area contributed by atoms with E-state index in [4.69, 9.17) is 5.73 Å². The topological polar surface area (TPSA) is 90.0 Å². The van der Waals surface area contributed by atoms with Crippen molar-refractivity contribution in [1.29, 1.82) is 0 Å². The van der Waals surface area contributed by atoms with Gasteiger partial charge in [0.1, 0.15) is 4.90 Å². The van der Waals surface area contributed by atoms with E-state index in [2.05, 4.69) is 9.82 Å². The van der Waals surface area contributed by atoms with Crippen molar-refractivity contribution >= 4 is 15.8 Å². The minimum Gasteiger partial charge on any atom is -0.381 e. The van der Waals surface area contributed by atoms with E-state index in [9.17, 15) is 8.42 Å². The molecule has 0 fully saturated rings. The largest absolute Gasteiger partial charge is 0.381 e. The Bertz CT molecular complexity index is 707. The molecule has 1 aromatic heterocycles. The van der Waals surface area contributed by atoms with Crippen LogP contribution < -0.4 is 10.5 Å². The first-order valence-corrected chi connectivity index (χ1v) is 7.67. The van der Waals surface area contributed by atoms with Crippen LogP contribution in [0.15, 0.2) is 35.2 Å². The maximum atomic E-state index is 12.4. The molecule has 0 aliphatic carbocycles. The quantitative estimate of drug-likeness (QED) is 0.890. The third-order valence-corrected chi connectivity index (χ3v) is 4.91. The van der Waals surface area contributed by atoms with E-state index in [-0.39, 0.29) is 16.8 Å². The van der Waals surface area contributed by atoms with Crippen molar-refractivity contribution in [3.63, 3.8) is 0 Å². The Balaban J connectivity index is 2.33. The fourth-order valence-corrected chi connectivity index (χ4v) is 3.60. The lowest BCUT2D eigenvalue weighted by Crippen LogP contribution is -2.27. The second-order valence-corrected chi connectivity index (χ2v) is 6.33. The molecular weight excluding hydrogens is 276 g/mol. The summed E-state index contributed by atoms with van der Waals surface area (Å²) in [7, 11) is -2.05. The maximum absolute atomic E-state index is 12.4. The van der Waals surface area contributed by atoms with Crippen LogP contribution in [0.1, 0.15) is 24.2 Å². The highest BCUT2D eigenvalue weighted by Crippen LogP contribution is 2.23. The Hall–Kier alpha value is -1.86. The minimum atomic E-state index is -3.71. The summed E-state index contributed by atoms with van der Waals surface area (Å²) in [5.41, 5.74) is 7.09. The number of hydrogen-bond acceptors (Lipinski definition) is 4. The standard InChI is InChI=1S/C13H18N4O2S/c1-9(11-7-5-4-6-8-11)16-20(18,19)12-10(2)17(3)15-13(12)14/h4-9,16H,1-3H3,(H2,14,15). The number of aryl methyl sites for hydroxylation is 1. The molecule has 0 bridgehead atoms. The SMILES string of the molecule is Cc1c(S(=O)(=O)NC(C)c2ccccc2)c(N)nn1C. The molecule has 0 amide bonds. The Morgan fingerprint density at radius 2 is 1.90 bits per heavy atom. The number of benzene rings is 1. The average molecular weight is 294 g/mol. The van der Waals surface area contributed by atoms with E-state index in [1.54, 1.807) is 20.9 Å². The minimum absolute atomic E-state index is 0.0118. The van der Waals surface area contributed by atoms with Crippen LogP contribution in [0.3, 0.4) is 0 Å². The second kappa shape index (κ2) is 5.26. The van der Waals surface area contributed by atoms with Crippen LogP contribution in [0.25, 0.3) is 0 Å². The highest BCUT2D eigenvalue weighted by molar-refractivity contribution is 7.89. The highest BCUT2D eigenvalue weighted by Gasteiger charge is 2.26.